The Balaban J connectivity index is 1.41. The Bertz CT molecular complexity index is 1350. The Morgan fingerprint density at radius 2 is 1.66 bits per heavy atom. The zero-order chi connectivity index (χ0) is 29.1. The Labute approximate surface area is 243 Å². The summed E-state index contributed by atoms with van der Waals surface area (Å²) in [5.41, 5.74) is 3.08. The first-order valence-electron chi connectivity index (χ1n) is 14.2. The molecule has 0 aliphatic carbocycles. The van der Waals surface area contributed by atoms with Gasteiger partial charge in [-0.15, -0.1) is 0 Å². The minimum Gasteiger partial charge on any atom is -0.493 e. The fraction of sp³-hybridized carbons (Fsp3) is 0.406. The average molecular weight is 580 g/mol. The quantitative estimate of drug-likeness (QED) is 0.249. The molecule has 1 fully saturated rings. The van der Waals surface area contributed by atoms with Crippen molar-refractivity contribution in [3.63, 3.8) is 0 Å². The number of hydrogen-bond donors (Lipinski definition) is 3. The maximum Gasteiger partial charge on any atom is 0.240 e. The van der Waals surface area contributed by atoms with Crippen molar-refractivity contribution in [2.75, 3.05) is 40.0 Å². The largest absolute Gasteiger partial charge is 0.493 e. The van der Waals surface area contributed by atoms with E-state index in [-0.39, 0.29) is 28.7 Å². The molecule has 0 bridgehead atoms. The van der Waals surface area contributed by atoms with E-state index in [0.717, 1.165) is 35.3 Å². The second-order valence-electron chi connectivity index (χ2n) is 10.5. The van der Waals surface area contributed by atoms with E-state index < -0.39 is 10.0 Å². The van der Waals surface area contributed by atoms with Crippen LogP contribution in [0.2, 0.25) is 0 Å². The fourth-order valence-electron chi connectivity index (χ4n) is 5.11. The normalized spacial score (nSPS) is 18.0. The zero-order valence-corrected chi connectivity index (χ0v) is 24.7. The van der Waals surface area contributed by atoms with Gasteiger partial charge in [0.1, 0.15) is 5.75 Å². The smallest absolute Gasteiger partial charge is 0.240 e. The molecule has 3 N–H and O–H groups in total. The molecule has 0 radical (unpaired) electrons. The van der Waals surface area contributed by atoms with Gasteiger partial charge < -0.3 is 20.1 Å². The van der Waals surface area contributed by atoms with Gasteiger partial charge in [-0.1, -0.05) is 66.2 Å². The summed E-state index contributed by atoms with van der Waals surface area (Å²) in [6.45, 7) is 4.55. The monoisotopic (exact) mass is 579 g/mol. The Morgan fingerprint density at radius 3 is 2.41 bits per heavy atom. The second-order valence-corrected chi connectivity index (χ2v) is 12.2. The van der Waals surface area contributed by atoms with Gasteiger partial charge in [-0.2, -0.15) is 0 Å². The van der Waals surface area contributed by atoms with Gasteiger partial charge in [-0.05, 0) is 49.9 Å². The molecule has 1 saturated heterocycles. The number of unbranched alkanes of at least 4 members (excludes halogenated alkanes) is 1. The topological polar surface area (TPSA) is 106 Å². The predicted molar refractivity (Wildman–Crippen MR) is 161 cm³/mol. The number of hydrogen-bond acceptors (Lipinski definition) is 6. The average Bonchev–Trinajstić information content (AvgIpc) is 2.98. The lowest BCUT2D eigenvalue weighted by molar-refractivity contribution is -0.125. The lowest BCUT2D eigenvalue weighted by atomic mass is 9.89. The Hall–Kier alpha value is -3.24. The summed E-state index contributed by atoms with van der Waals surface area (Å²) in [4.78, 5) is 13.6. The molecular weight excluding hydrogens is 538 g/mol. The van der Waals surface area contributed by atoms with Gasteiger partial charge in [0.2, 0.25) is 15.9 Å². The predicted octanol–water partition coefficient (Wildman–Crippen LogP) is 4.01. The van der Waals surface area contributed by atoms with Gasteiger partial charge >= 0.3 is 0 Å². The van der Waals surface area contributed by atoms with Gasteiger partial charge in [-0.3, -0.25) is 4.79 Å². The van der Waals surface area contributed by atoms with E-state index in [0.29, 0.717) is 39.3 Å². The Kier molecular flexibility index (Phi) is 11.3. The molecule has 1 aliphatic heterocycles. The van der Waals surface area contributed by atoms with E-state index in [1.165, 1.54) is 0 Å². The molecule has 3 atom stereocenters. The number of benzene rings is 3. The first kappa shape index (κ1) is 30.7. The molecule has 220 valence electrons. The van der Waals surface area contributed by atoms with E-state index >= 15 is 0 Å². The van der Waals surface area contributed by atoms with Crippen LogP contribution in [-0.4, -0.2) is 60.3 Å². The number of ether oxygens (including phenoxy) is 2. The van der Waals surface area contributed by atoms with Crippen LogP contribution in [0.3, 0.4) is 0 Å². The highest BCUT2D eigenvalue weighted by Gasteiger charge is 2.31. The van der Waals surface area contributed by atoms with Gasteiger partial charge in [0, 0.05) is 50.9 Å². The summed E-state index contributed by atoms with van der Waals surface area (Å²) in [5.74, 6) is 0.231. The first-order chi connectivity index (χ1) is 19.9. The van der Waals surface area contributed by atoms with Crippen molar-refractivity contribution >= 4 is 15.9 Å². The van der Waals surface area contributed by atoms with E-state index in [1.54, 1.807) is 31.4 Å². The third kappa shape index (κ3) is 8.87. The van der Waals surface area contributed by atoms with E-state index in [2.05, 4.69) is 27.5 Å². The van der Waals surface area contributed by atoms with Crippen LogP contribution in [0.1, 0.15) is 41.9 Å². The number of carbonyl (C=O) groups excluding carboxylic acids is 1. The van der Waals surface area contributed by atoms with Crippen molar-refractivity contribution in [1.29, 1.82) is 0 Å². The SMILES string of the molecule is COCCCCOc1ccccc1C(CNC(=O)[C@@H]1CNC[C@H](NS(=O)(=O)c2ccc(C)cc2)C1)c1ccccc1. The molecule has 0 saturated carbocycles. The fourth-order valence-corrected chi connectivity index (χ4v) is 6.36. The van der Waals surface area contributed by atoms with E-state index in [1.807, 2.05) is 49.4 Å². The number of carbonyl (C=O) groups is 1. The van der Waals surface area contributed by atoms with Crippen molar-refractivity contribution in [2.45, 2.75) is 43.0 Å². The summed E-state index contributed by atoms with van der Waals surface area (Å²) in [5, 5.41) is 6.38. The summed E-state index contributed by atoms with van der Waals surface area (Å²) >= 11 is 0. The molecule has 3 aromatic carbocycles. The standard InChI is InChI=1S/C32H41N3O5S/c1-24-14-16-28(17-15-24)41(37,38)35-27-20-26(21-33-22-27)32(36)34-23-30(25-10-4-3-5-11-25)29-12-6-7-13-31(29)40-19-9-8-18-39-2/h3-7,10-17,26-27,30,33,35H,8-9,18-23H2,1-2H3,(H,34,36)/t26-,27+,30?/m0/s1. The van der Waals surface area contributed by atoms with Gasteiger partial charge in [-0.25, -0.2) is 13.1 Å². The van der Waals surface area contributed by atoms with Gasteiger partial charge in [0.25, 0.3) is 0 Å². The Morgan fingerprint density at radius 1 is 0.951 bits per heavy atom. The van der Waals surface area contributed by atoms with Crippen LogP contribution in [0, 0.1) is 12.8 Å². The number of amides is 1. The lowest BCUT2D eigenvalue weighted by Gasteiger charge is -2.30. The van der Waals surface area contributed by atoms with Crippen molar-refractivity contribution < 1.29 is 22.7 Å². The molecule has 3 aromatic rings. The summed E-state index contributed by atoms with van der Waals surface area (Å²) in [6, 6.07) is 24.4. The zero-order valence-electron chi connectivity index (χ0n) is 23.8. The molecule has 9 heteroatoms. The highest BCUT2D eigenvalue weighted by atomic mass is 32.2. The molecule has 0 aromatic heterocycles. The van der Waals surface area contributed by atoms with Crippen LogP contribution >= 0.6 is 0 Å². The number of methoxy groups -OCH3 is 1. The number of sulfonamides is 1. The number of nitrogens with one attached hydrogen (secondary N) is 3. The van der Waals surface area contributed by atoms with Gasteiger partial charge in [0.15, 0.2) is 0 Å². The summed E-state index contributed by atoms with van der Waals surface area (Å²) < 4.78 is 39.9. The maximum absolute atomic E-state index is 13.4. The lowest BCUT2D eigenvalue weighted by Crippen LogP contribution is -2.52. The van der Waals surface area contributed by atoms with E-state index in [4.69, 9.17) is 9.47 Å². The van der Waals surface area contributed by atoms with Crippen LogP contribution in [0.15, 0.2) is 83.8 Å². The molecule has 1 unspecified atom stereocenters. The maximum atomic E-state index is 13.4. The van der Waals surface area contributed by atoms with Crippen molar-refractivity contribution in [2.24, 2.45) is 5.92 Å². The molecular formula is C32H41N3O5S. The van der Waals surface area contributed by atoms with Crippen LogP contribution < -0.4 is 20.1 Å². The second kappa shape index (κ2) is 15.1. The molecule has 8 nitrogen and oxygen atoms in total. The van der Waals surface area contributed by atoms with Crippen molar-refractivity contribution in [3.8, 4) is 5.75 Å². The van der Waals surface area contributed by atoms with Crippen molar-refractivity contribution in [3.05, 3.63) is 95.6 Å². The van der Waals surface area contributed by atoms with Crippen LogP contribution in [0.25, 0.3) is 0 Å². The molecule has 41 heavy (non-hydrogen) atoms. The van der Waals surface area contributed by atoms with E-state index in [9.17, 15) is 13.2 Å². The van der Waals surface area contributed by atoms with Gasteiger partial charge in [0.05, 0.1) is 17.4 Å². The number of rotatable bonds is 14. The highest BCUT2D eigenvalue weighted by Crippen LogP contribution is 2.32. The first-order valence-corrected chi connectivity index (χ1v) is 15.7. The third-order valence-corrected chi connectivity index (χ3v) is 8.89. The molecule has 1 aliphatic rings. The minimum absolute atomic E-state index is 0.101. The highest BCUT2D eigenvalue weighted by molar-refractivity contribution is 7.89. The third-order valence-electron chi connectivity index (χ3n) is 7.35. The van der Waals surface area contributed by atoms with Crippen LogP contribution in [0.5, 0.6) is 5.75 Å². The molecule has 1 heterocycles. The van der Waals surface area contributed by atoms with Crippen LogP contribution in [0.4, 0.5) is 0 Å². The van der Waals surface area contributed by atoms with Crippen LogP contribution in [-0.2, 0) is 19.6 Å². The number of piperidine rings is 1. The molecule has 0 spiro atoms. The molecule has 4 rings (SSSR count). The molecule has 1 amide bonds. The minimum atomic E-state index is -3.68. The number of aryl methyl sites for hydroxylation is 1. The summed E-state index contributed by atoms with van der Waals surface area (Å²) in [7, 11) is -1.99. The summed E-state index contributed by atoms with van der Waals surface area (Å²) in [6.07, 6.45) is 2.23. The van der Waals surface area contributed by atoms with Crippen molar-refractivity contribution in [1.82, 2.24) is 15.4 Å². The number of para-hydroxylation sites is 1.